The molecule has 0 spiro atoms. The monoisotopic (exact) mass is 308 g/mol. The maximum atomic E-state index is 2.44. The van der Waals surface area contributed by atoms with Gasteiger partial charge in [-0.2, -0.15) is 0 Å². The maximum Gasteiger partial charge on any atom is -0.0113 e. The predicted octanol–water partition coefficient (Wildman–Crippen LogP) is 6.71. The minimum absolute atomic E-state index is 0.368. The SMILES string of the molecule is CCC(c1ccc(CCc2ccccc2)c(C)c1)C(C)(C)CC. The molecule has 0 fully saturated rings. The first-order valence-electron chi connectivity index (χ1n) is 9.11. The molecular weight excluding hydrogens is 276 g/mol. The molecule has 1 atom stereocenters. The van der Waals surface area contributed by atoms with Gasteiger partial charge in [0.25, 0.3) is 0 Å². The van der Waals surface area contributed by atoms with Crippen LogP contribution in [0.2, 0.25) is 0 Å². The van der Waals surface area contributed by atoms with Gasteiger partial charge in [-0.15, -0.1) is 0 Å². The van der Waals surface area contributed by atoms with Crippen LogP contribution in [0.5, 0.6) is 0 Å². The van der Waals surface area contributed by atoms with Gasteiger partial charge < -0.3 is 0 Å². The molecule has 0 aromatic heterocycles. The van der Waals surface area contributed by atoms with Crippen molar-refractivity contribution in [2.45, 2.75) is 66.2 Å². The normalized spacial score (nSPS) is 13.1. The molecule has 124 valence electrons. The number of hydrogen-bond acceptors (Lipinski definition) is 0. The highest BCUT2D eigenvalue weighted by molar-refractivity contribution is 5.34. The molecule has 0 aliphatic heterocycles. The van der Waals surface area contributed by atoms with Crippen LogP contribution in [0.15, 0.2) is 48.5 Å². The van der Waals surface area contributed by atoms with Crippen LogP contribution in [0, 0.1) is 12.3 Å². The third-order valence-corrected chi connectivity index (χ3v) is 5.56. The lowest BCUT2D eigenvalue weighted by Crippen LogP contribution is -2.21. The van der Waals surface area contributed by atoms with Gasteiger partial charge in [0.1, 0.15) is 0 Å². The number of benzene rings is 2. The Morgan fingerprint density at radius 3 is 2.17 bits per heavy atom. The van der Waals surface area contributed by atoms with Crippen LogP contribution in [-0.2, 0) is 12.8 Å². The van der Waals surface area contributed by atoms with Crippen molar-refractivity contribution in [3.63, 3.8) is 0 Å². The highest BCUT2D eigenvalue weighted by atomic mass is 14.3. The molecule has 0 saturated heterocycles. The van der Waals surface area contributed by atoms with Gasteiger partial charge in [0.2, 0.25) is 0 Å². The van der Waals surface area contributed by atoms with Crippen LogP contribution >= 0.6 is 0 Å². The van der Waals surface area contributed by atoms with Gasteiger partial charge in [-0.1, -0.05) is 82.6 Å². The first-order chi connectivity index (χ1) is 11.0. The van der Waals surface area contributed by atoms with Crippen molar-refractivity contribution in [2.75, 3.05) is 0 Å². The Kier molecular flexibility index (Phi) is 6.04. The van der Waals surface area contributed by atoms with E-state index in [1.54, 1.807) is 0 Å². The van der Waals surface area contributed by atoms with Crippen LogP contribution < -0.4 is 0 Å². The summed E-state index contributed by atoms with van der Waals surface area (Å²) in [5.74, 6) is 0.648. The molecule has 0 aliphatic rings. The van der Waals surface area contributed by atoms with E-state index in [4.69, 9.17) is 0 Å². The molecule has 2 rings (SSSR count). The van der Waals surface area contributed by atoms with Crippen LogP contribution in [-0.4, -0.2) is 0 Å². The summed E-state index contributed by atoms with van der Waals surface area (Å²) in [7, 11) is 0. The third kappa shape index (κ3) is 4.47. The molecule has 0 amide bonds. The highest BCUT2D eigenvalue weighted by Crippen LogP contribution is 2.41. The maximum absolute atomic E-state index is 2.44. The summed E-state index contributed by atoms with van der Waals surface area (Å²) in [5.41, 5.74) is 6.24. The Morgan fingerprint density at radius 1 is 0.913 bits per heavy atom. The molecule has 23 heavy (non-hydrogen) atoms. The molecule has 0 aliphatic carbocycles. The van der Waals surface area contributed by atoms with Crippen molar-refractivity contribution in [3.8, 4) is 0 Å². The van der Waals surface area contributed by atoms with Gasteiger partial charge in [-0.3, -0.25) is 0 Å². The predicted molar refractivity (Wildman–Crippen MR) is 102 cm³/mol. The van der Waals surface area contributed by atoms with E-state index in [9.17, 15) is 0 Å². The van der Waals surface area contributed by atoms with Crippen LogP contribution in [0.1, 0.15) is 68.7 Å². The first kappa shape index (κ1) is 17.8. The van der Waals surface area contributed by atoms with Crippen molar-refractivity contribution in [2.24, 2.45) is 5.41 Å². The number of aryl methyl sites for hydroxylation is 3. The Hall–Kier alpha value is -1.56. The smallest absolute Gasteiger partial charge is 0.0113 e. The molecule has 0 radical (unpaired) electrons. The van der Waals surface area contributed by atoms with Gasteiger partial charge in [0.15, 0.2) is 0 Å². The number of hydrogen-bond donors (Lipinski definition) is 0. The quantitative estimate of drug-likeness (QED) is 0.533. The average Bonchev–Trinajstić information content (AvgIpc) is 2.55. The molecule has 2 aromatic carbocycles. The number of rotatable bonds is 7. The summed E-state index contributed by atoms with van der Waals surface area (Å²) in [6, 6.07) is 18.0. The van der Waals surface area contributed by atoms with E-state index < -0.39 is 0 Å². The van der Waals surface area contributed by atoms with Crippen LogP contribution in [0.3, 0.4) is 0 Å². The zero-order valence-corrected chi connectivity index (χ0v) is 15.5. The fourth-order valence-corrected chi connectivity index (χ4v) is 3.63. The molecule has 0 bridgehead atoms. The lowest BCUT2D eigenvalue weighted by molar-refractivity contribution is 0.267. The molecule has 1 unspecified atom stereocenters. The fourth-order valence-electron chi connectivity index (χ4n) is 3.63. The summed E-state index contributed by atoms with van der Waals surface area (Å²) < 4.78 is 0. The van der Waals surface area contributed by atoms with Crippen molar-refractivity contribution in [1.29, 1.82) is 0 Å². The van der Waals surface area contributed by atoms with Gasteiger partial charge in [-0.25, -0.2) is 0 Å². The van der Waals surface area contributed by atoms with E-state index in [1.165, 1.54) is 35.1 Å². The summed E-state index contributed by atoms with van der Waals surface area (Å²) in [6.45, 7) is 11.7. The Morgan fingerprint density at radius 2 is 1.61 bits per heavy atom. The van der Waals surface area contributed by atoms with E-state index in [-0.39, 0.29) is 0 Å². The van der Waals surface area contributed by atoms with Gasteiger partial charge in [0.05, 0.1) is 0 Å². The summed E-state index contributed by atoms with van der Waals surface area (Å²) in [4.78, 5) is 0. The Balaban J connectivity index is 2.14. The molecule has 0 heteroatoms. The van der Waals surface area contributed by atoms with Crippen molar-refractivity contribution in [3.05, 3.63) is 70.8 Å². The average molecular weight is 309 g/mol. The second-order valence-corrected chi connectivity index (χ2v) is 7.47. The summed E-state index contributed by atoms with van der Waals surface area (Å²) in [6.07, 6.45) is 4.69. The van der Waals surface area contributed by atoms with Crippen LogP contribution in [0.4, 0.5) is 0 Å². The van der Waals surface area contributed by atoms with Crippen molar-refractivity contribution >= 4 is 0 Å². The standard InChI is InChI=1S/C23H32/c1-6-22(23(4,5)7-2)21-16-15-20(18(3)17-21)14-13-19-11-9-8-10-12-19/h8-12,15-17,22H,6-7,13-14H2,1-5H3. The van der Waals surface area contributed by atoms with Crippen molar-refractivity contribution in [1.82, 2.24) is 0 Å². The lowest BCUT2D eigenvalue weighted by atomic mass is 9.71. The molecule has 0 heterocycles. The molecule has 2 aromatic rings. The summed E-state index contributed by atoms with van der Waals surface area (Å²) >= 11 is 0. The second kappa shape index (κ2) is 7.81. The Labute approximate surface area is 143 Å². The molecular formula is C23H32. The zero-order valence-electron chi connectivity index (χ0n) is 15.5. The Bertz CT molecular complexity index is 607. The van der Waals surface area contributed by atoms with E-state index in [1.807, 2.05) is 0 Å². The molecule has 0 N–H and O–H groups in total. The van der Waals surface area contributed by atoms with E-state index in [2.05, 4.69) is 83.1 Å². The highest BCUT2D eigenvalue weighted by Gasteiger charge is 2.27. The zero-order chi connectivity index (χ0) is 16.9. The third-order valence-electron chi connectivity index (χ3n) is 5.56. The minimum atomic E-state index is 0.368. The summed E-state index contributed by atoms with van der Waals surface area (Å²) in [5, 5.41) is 0. The fraction of sp³-hybridized carbons (Fsp3) is 0.478. The van der Waals surface area contributed by atoms with E-state index >= 15 is 0 Å². The molecule has 0 saturated carbocycles. The minimum Gasteiger partial charge on any atom is -0.0649 e. The van der Waals surface area contributed by atoms with Gasteiger partial charge >= 0.3 is 0 Å². The van der Waals surface area contributed by atoms with Gasteiger partial charge in [0, 0.05) is 0 Å². The van der Waals surface area contributed by atoms with Crippen molar-refractivity contribution < 1.29 is 0 Å². The topological polar surface area (TPSA) is 0 Å². The second-order valence-electron chi connectivity index (χ2n) is 7.47. The molecule has 0 nitrogen and oxygen atoms in total. The largest absolute Gasteiger partial charge is 0.0649 e. The first-order valence-corrected chi connectivity index (χ1v) is 9.11. The van der Waals surface area contributed by atoms with Gasteiger partial charge in [-0.05, 0) is 59.8 Å². The van der Waals surface area contributed by atoms with E-state index in [0.717, 1.165) is 12.8 Å². The lowest BCUT2D eigenvalue weighted by Gasteiger charge is -2.33. The van der Waals surface area contributed by atoms with E-state index in [0.29, 0.717) is 11.3 Å². The van der Waals surface area contributed by atoms with Crippen LogP contribution in [0.25, 0.3) is 0 Å².